The van der Waals surface area contributed by atoms with Gasteiger partial charge in [0.2, 0.25) is 0 Å². The molecule has 0 aliphatic carbocycles. The van der Waals surface area contributed by atoms with Crippen molar-refractivity contribution in [2.75, 3.05) is 7.05 Å². The zero-order chi connectivity index (χ0) is 17.1. The molecule has 2 aromatic heterocycles. The molecule has 0 radical (unpaired) electrons. The summed E-state index contributed by atoms with van der Waals surface area (Å²) in [6.45, 7) is 0.302. The number of nitrogens with one attached hydrogen (secondary N) is 1. The van der Waals surface area contributed by atoms with Crippen molar-refractivity contribution < 1.29 is 9.21 Å². The second kappa shape index (κ2) is 6.84. The van der Waals surface area contributed by atoms with Gasteiger partial charge in [-0.25, -0.2) is 5.10 Å². The van der Waals surface area contributed by atoms with E-state index in [0.717, 1.165) is 15.8 Å². The fourth-order valence-corrected chi connectivity index (χ4v) is 2.46. The summed E-state index contributed by atoms with van der Waals surface area (Å²) in [6.07, 6.45) is 0. The van der Waals surface area contributed by atoms with E-state index in [-0.39, 0.29) is 17.2 Å². The summed E-state index contributed by atoms with van der Waals surface area (Å²) in [5.74, 6) is 1.10. The highest BCUT2D eigenvalue weighted by Crippen LogP contribution is 2.24. The first-order valence-corrected chi connectivity index (χ1v) is 7.98. The lowest BCUT2D eigenvalue weighted by Crippen LogP contribution is -2.27. The maximum absolute atomic E-state index is 12.3. The fraction of sp³-hybridized carbons (Fsp3) is 0.118. The summed E-state index contributed by atoms with van der Waals surface area (Å²) in [5, 5.41) is 5.99. The Morgan fingerprint density at radius 3 is 2.58 bits per heavy atom. The monoisotopic (exact) mass is 387 g/mol. The zero-order valence-electron chi connectivity index (χ0n) is 12.8. The normalized spacial score (nSPS) is 10.6. The summed E-state index contributed by atoms with van der Waals surface area (Å²) < 4.78 is 6.79. The first-order chi connectivity index (χ1) is 11.5. The average Bonchev–Trinajstić information content (AvgIpc) is 3.04. The lowest BCUT2D eigenvalue weighted by Gasteiger charge is -2.14. The lowest BCUT2D eigenvalue weighted by atomic mass is 10.2. The van der Waals surface area contributed by atoms with Crippen LogP contribution in [0.4, 0.5) is 0 Å². The van der Waals surface area contributed by atoms with Gasteiger partial charge >= 0.3 is 0 Å². The lowest BCUT2D eigenvalue weighted by molar-refractivity contribution is 0.0768. The van der Waals surface area contributed by atoms with Gasteiger partial charge in [0.1, 0.15) is 17.2 Å². The quantitative estimate of drug-likeness (QED) is 0.745. The van der Waals surface area contributed by atoms with Crippen molar-refractivity contribution in [2.24, 2.45) is 0 Å². The second-order valence-electron chi connectivity index (χ2n) is 5.24. The highest BCUT2D eigenvalue weighted by atomic mass is 79.9. The maximum Gasteiger partial charge on any atom is 0.274 e. The molecule has 0 bridgehead atoms. The Bertz CT molecular complexity index is 895. The second-order valence-corrected chi connectivity index (χ2v) is 6.16. The SMILES string of the molecule is CN(Cc1ccc(-c2ccc(Br)cc2)o1)C(=O)c1ccc(=O)[nH]n1. The van der Waals surface area contributed by atoms with E-state index < -0.39 is 0 Å². The maximum atomic E-state index is 12.3. The van der Waals surface area contributed by atoms with Crippen LogP contribution in [0.1, 0.15) is 16.2 Å². The van der Waals surface area contributed by atoms with Crippen LogP contribution in [0.5, 0.6) is 0 Å². The number of hydrogen-bond acceptors (Lipinski definition) is 4. The highest BCUT2D eigenvalue weighted by Gasteiger charge is 2.15. The van der Waals surface area contributed by atoms with Gasteiger partial charge in [0.25, 0.3) is 11.5 Å². The predicted octanol–water partition coefficient (Wildman–Crippen LogP) is 3.06. The van der Waals surface area contributed by atoms with Crippen molar-refractivity contribution in [3.8, 4) is 11.3 Å². The minimum Gasteiger partial charge on any atom is -0.459 e. The molecule has 122 valence electrons. The first kappa shape index (κ1) is 16.2. The number of carbonyl (C=O) groups excluding carboxylic acids is 1. The van der Waals surface area contributed by atoms with E-state index in [1.54, 1.807) is 7.05 Å². The molecule has 1 N–H and O–H groups in total. The van der Waals surface area contributed by atoms with Gasteiger partial charge in [0, 0.05) is 23.2 Å². The number of H-pyrrole nitrogens is 1. The number of amides is 1. The third-order valence-electron chi connectivity index (χ3n) is 3.43. The molecule has 0 fully saturated rings. The predicted molar refractivity (Wildman–Crippen MR) is 92.5 cm³/mol. The molecule has 1 aromatic carbocycles. The molecule has 0 aliphatic rings. The molecule has 1 amide bonds. The van der Waals surface area contributed by atoms with Crippen LogP contribution >= 0.6 is 15.9 Å². The first-order valence-electron chi connectivity index (χ1n) is 7.19. The van der Waals surface area contributed by atoms with Gasteiger partial charge in [-0.2, -0.15) is 5.10 Å². The Balaban J connectivity index is 1.72. The number of aromatic amines is 1. The fourth-order valence-electron chi connectivity index (χ4n) is 2.20. The molecular formula is C17H14BrN3O3. The number of nitrogens with zero attached hydrogens (tertiary/aromatic N) is 2. The van der Waals surface area contributed by atoms with Crippen molar-refractivity contribution >= 4 is 21.8 Å². The Morgan fingerprint density at radius 1 is 1.17 bits per heavy atom. The molecule has 3 aromatic rings. The molecule has 2 heterocycles. The van der Waals surface area contributed by atoms with E-state index in [1.807, 2.05) is 36.4 Å². The molecule has 6 nitrogen and oxygen atoms in total. The van der Waals surface area contributed by atoms with E-state index >= 15 is 0 Å². The number of halogens is 1. The van der Waals surface area contributed by atoms with Crippen LogP contribution in [-0.2, 0) is 6.54 Å². The largest absolute Gasteiger partial charge is 0.459 e. The van der Waals surface area contributed by atoms with E-state index in [1.165, 1.54) is 17.0 Å². The van der Waals surface area contributed by atoms with Gasteiger partial charge in [-0.05, 0) is 30.3 Å². The van der Waals surface area contributed by atoms with Gasteiger partial charge in [-0.1, -0.05) is 28.1 Å². The average molecular weight is 388 g/mol. The number of aromatic nitrogens is 2. The Morgan fingerprint density at radius 2 is 1.92 bits per heavy atom. The van der Waals surface area contributed by atoms with E-state index in [4.69, 9.17) is 4.42 Å². The number of carbonyl (C=O) groups is 1. The smallest absolute Gasteiger partial charge is 0.274 e. The van der Waals surface area contributed by atoms with Crippen molar-refractivity contribution in [2.45, 2.75) is 6.54 Å². The van der Waals surface area contributed by atoms with Crippen LogP contribution in [-0.4, -0.2) is 28.1 Å². The van der Waals surface area contributed by atoms with Crippen molar-refractivity contribution in [1.82, 2.24) is 15.1 Å². The van der Waals surface area contributed by atoms with Gasteiger partial charge in [0.05, 0.1) is 6.54 Å². The summed E-state index contributed by atoms with van der Waals surface area (Å²) in [5.41, 5.74) is 0.789. The zero-order valence-corrected chi connectivity index (χ0v) is 14.4. The summed E-state index contributed by atoms with van der Waals surface area (Å²) in [4.78, 5) is 24.7. The Kier molecular flexibility index (Phi) is 4.61. The van der Waals surface area contributed by atoms with E-state index in [2.05, 4.69) is 26.1 Å². The van der Waals surface area contributed by atoms with E-state index in [0.29, 0.717) is 12.3 Å². The van der Waals surface area contributed by atoms with Gasteiger partial charge in [-0.15, -0.1) is 0 Å². The van der Waals surface area contributed by atoms with Crippen molar-refractivity contribution in [3.05, 3.63) is 74.8 Å². The number of rotatable bonds is 4. The molecule has 0 saturated carbocycles. The molecule has 0 aliphatic heterocycles. The molecule has 3 rings (SSSR count). The highest BCUT2D eigenvalue weighted by molar-refractivity contribution is 9.10. The van der Waals surface area contributed by atoms with Gasteiger partial charge < -0.3 is 9.32 Å². The third-order valence-corrected chi connectivity index (χ3v) is 3.96. The summed E-state index contributed by atoms with van der Waals surface area (Å²) in [7, 11) is 1.65. The number of benzene rings is 1. The molecule has 0 atom stereocenters. The van der Waals surface area contributed by atoms with Crippen LogP contribution in [0.15, 0.2) is 62.2 Å². The van der Waals surface area contributed by atoms with Crippen LogP contribution in [0, 0.1) is 0 Å². The number of furan rings is 1. The van der Waals surface area contributed by atoms with Gasteiger partial charge in [-0.3, -0.25) is 9.59 Å². The topological polar surface area (TPSA) is 79.2 Å². The standard InChI is InChI=1S/C17H14BrN3O3/c1-21(17(23)14-7-9-16(22)20-19-14)10-13-6-8-15(24-13)11-2-4-12(18)5-3-11/h2-9H,10H2,1H3,(H,20,22). The van der Waals surface area contributed by atoms with Crippen LogP contribution in [0.2, 0.25) is 0 Å². The Hall–Kier alpha value is -2.67. The van der Waals surface area contributed by atoms with Gasteiger partial charge in [0.15, 0.2) is 0 Å². The van der Waals surface area contributed by atoms with Crippen LogP contribution in [0.3, 0.4) is 0 Å². The van der Waals surface area contributed by atoms with Crippen molar-refractivity contribution in [3.63, 3.8) is 0 Å². The Labute approximate surface area is 146 Å². The molecule has 0 saturated heterocycles. The molecular weight excluding hydrogens is 374 g/mol. The summed E-state index contributed by atoms with van der Waals surface area (Å²) in [6, 6.07) is 14.2. The van der Waals surface area contributed by atoms with E-state index in [9.17, 15) is 9.59 Å². The van der Waals surface area contributed by atoms with Crippen LogP contribution < -0.4 is 5.56 Å². The minimum absolute atomic E-state index is 0.178. The van der Waals surface area contributed by atoms with Crippen molar-refractivity contribution in [1.29, 1.82) is 0 Å². The minimum atomic E-state index is -0.348. The number of hydrogen-bond donors (Lipinski definition) is 1. The summed E-state index contributed by atoms with van der Waals surface area (Å²) >= 11 is 3.40. The van der Waals surface area contributed by atoms with Crippen LogP contribution in [0.25, 0.3) is 11.3 Å². The molecule has 0 spiro atoms. The molecule has 24 heavy (non-hydrogen) atoms. The molecule has 0 unspecified atom stereocenters. The third kappa shape index (κ3) is 3.62. The molecule has 7 heteroatoms.